The zero-order valence-corrected chi connectivity index (χ0v) is 16.7. The van der Waals surface area contributed by atoms with Crippen molar-refractivity contribution >= 4 is 16.9 Å². The molecule has 0 saturated carbocycles. The van der Waals surface area contributed by atoms with Gasteiger partial charge in [0, 0.05) is 37.4 Å². The average Bonchev–Trinajstić information content (AvgIpc) is 3.10. The molecule has 0 aliphatic carbocycles. The van der Waals surface area contributed by atoms with Crippen molar-refractivity contribution in [2.75, 3.05) is 18.0 Å². The van der Waals surface area contributed by atoms with E-state index < -0.39 is 0 Å². The molecule has 0 bridgehead atoms. The molecule has 29 heavy (non-hydrogen) atoms. The van der Waals surface area contributed by atoms with Crippen molar-refractivity contribution in [1.29, 1.82) is 0 Å². The molecule has 1 aliphatic rings. The lowest BCUT2D eigenvalue weighted by Gasteiger charge is -2.37. The second-order valence-corrected chi connectivity index (χ2v) is 7.90. The van der Waals surface area contributed by atoms with Gasteiger partial charge in [0.2, 0.25) is 0 Å². The molecule has 2 atom stereocenters. The van der Waals surface area contributed by atoms with Gasteiger partial charge in [-0.1, -0.05) is 0 Å². The first kappa shape index (κ1) is 17.8. The van der Waals surface area contributed by atoms with Crippen molar-refractivity contribution in [2.24, 2.45) is 0 Å². The molecule has 5 rings (SSSR count). The second-order valence-electron chi connectivity index (χ2n) is 7.90. The Kier molecular flexibility index (Phi) is 4.09. The Morgan fingerprint density at radius 3 is 2.66 bits per heavy atom. The molecule has 5 heterocycles. The molecule has 0 amide bonds. The van der Waals surface area contributed by atoms with E-state index in [-0.39, 0.29) is 5.56 Å². The maximum absolute atomic E-state index is 12.9. The number of piperazine rings is 1. The number of nitrogens with one attached hydrogen (secondary N) is 1. The number of anilines is 1. The molecular formula is C21H23N7O. The maximum atomic E-state index is 12.9. The monoisotopic (exact) mass is 389 g/mol. The van der Waals surface area contributed by atoms with Gasteiger partial charge in [-0.05, 0) is 39.0 Å². The summed E-state index contributed by atoms with van der Waals surface area (Å²) in [5.74, 6) is 0. The van der Waals surface area contributed by atoms with Crippen molar-refractivity contribution in [3.05, 3.63) is 58.9 Å². The normalized spacial score (nSPS) is 19.9. The molecule has 1 saturated heterocycles. The van der Waals surface area contributed by atoms with E-state index in [0.29, 0.717) is 29.1 Å². The number of aryl methyl sites for hydroxylation is 1. The molecule has 8 nitrogen and oxygen atoms in total. The van der Waals surface area contributed by atoms with Crippen molar-refractivity contribution in [3.63, 3.8) is 0 Å². The van der Waals surface area contributed by atoms with Gasteiger partial charge in [-0.3, -0.25) is 14.2 Å². The van der Waals surface area contributed by atoms with Crippen LogP contribution in [0.25, 0.3) is 22.6 Å². The van der Waals surface area contributed by atoms with Crippen LogP contribution in [0.3, 0.4) is 0 Å². The highest BCUT2D eigenvalue weighted by atomic mass is 16.1. The Morgan fingerprint density at radius 2 is 1.86 bits per heavy atom. The summed E-state index contributed by atoms with van der Waals surface area (Å²) in [5.41, 5.74) is 4.49. The van der Waals surface area contributed by atoms with E-state index in [1.165, 1.54) is 0 Å². The Balaban J connectivity index is 1.55. The third-order valence-electron chi connectivity index (χ3n) is 5.30. The lowest BCUT2D eigenvalue weighted by molar-refractivity contribution is 0.407. The lowest BCUT2D eigenvalue weighted by atomic mass is 10.1. The van der Waals surface area contributed by atoms with E-state index >= 15 is 0 Å². The first-order valence-electron chi connectivity index (χ1n) is 9.83. The summed E-state index contributed by atoms with van der Waals surface area (Å²) < 4.78 is 3.37. The van der Waals surface area contributed by atoms with Crippen LogP contribution < -0.4 is 15.8 Å². The summed E-state index contributed by atoms with van der Waals surface area (Å²) in [6, 6.07) is 8.18. The van der Waals surface area contributed by atoms with E-state index in [4.69, 9.17) is 0 Å². The van der Waals surface area contributed by atoms with Crippen molar-refractivity contribution in [2.45, 2.75) is 32.9 Å². The number of fused-ring (bicyclic) bond motifs is 2. The molecule has 0 spiro atoms. The smallest absolute Gasteiger partial charge is 0.258 e. The number of hydrogen-bond donors (Lipinski definition) is 1. The van der Waals surface area contributed by atoms with E-state index in [0.717, 1.165) is 30.0 Å². The van der Waals surface area contributed by atoms with E-state index in [2.05, 4.69) is 39.1 Å². The molecule has 1 aliphatic heterocycles. The van der Waals surface area contributed by atoms with Gasteiger partial charge in [0.15, 0.2) is 0 Å². The Hall–Kier alpha value is -3.26. The molecule has 4 aromatic heterocycles. The van der Waals surface area contributed by atoms with Crippen molar-refractivity contribution < 1.29 is 0 Å². The number of pyridine rings is 1. The van der Waals surface area contributed by atoms with Gasteiger partial charge in [0.05, 0.1) is 35.0 Å². The van der Waals surface area contributed by atoms with E-state index in [9.17, 15) is 4.79 Å². The van der Waals surface area contributed by atoms with Crippen LogP contribution in [0.2, 0.25) is 0 Å². The van der Waals surface area contributed by atoms with Crippen LogP contribution in [-0.2, 0) is 0 Å². The Labute approximate surface area is 167 Å². The molecule has 0 aromatic carbocycles. The highest BCUT2D eigenvalue weighted by Gasteiger charge is 2.21. The topological polar surface area (TPSA) is 79.8 Å². The molecule has 1 N–H and O–H groups in total. The van der Waals surface area contributed by atoms with Crippen molar-refractivity contribution in [1.82, 2.24) is 29.3 Å². The molecule has 8 heteroatoms. The van der Waals surface area contributed by atoms with Gasteiger partial charge < -0.3 is 10.2 Å². The molecule has 148 valence electrons. The first-order chi connectivity index (χ1) is 14.0. The minimum Gasteiger partial charge on any atom is -0.367 e. The number of rotatable bonds is 2. The maximum Gasteiger partial charge on any atom is 0.258 e. The van der Waals surface area contributed by atoms with Crippen LogP contribution in [0.5, 0.6) is 0 Å². The molecule has 0 unspecified atom stereocenters. The summed E-state index contributed by atoms with van der Waals surface area (Å²) in [5, 5.41) is 8.08. The van der Waals surface area contributed by atoms with Crippen LogP contribution in [-0.4, -0.2) is 49.2 Å². The zero-order chi connectivity index (χ0) is 20.1. The van der Waals surface area contributed by atoms with Crippen LogP contribution in [0.4, 0.5) is 5.69 Å². The molecular weight excluding hydrogens is 366 g/mol. The molecule has 0 radical (unpaired) electrons. The van der Waals surface area contributed by atoms with Crippen LogP contribution in [0.1, 0.15) is 19.5 Å². The largest absolute Gasteiger partial charge is 0.367 e. The van der Waals surface area contributed by atoms with Crippen LogP contribution in [0, 0.1) is 6.92 Å². The van der Waals surface area contributed by atoms with Gasteiger partial charge >= 0.3 is 0 Å². The van der Waals surface area contributed by atoms with Gasteiger partial charge in [-0.15, -0.1) is 0 Å². The third-order valence-corrected chi connectivity index (χ3v) is 5.30. The first-order valence-corrected chi connectivity index (χ1v) is 9.83. The van der Waals surface area contributed by atoms with Gasteiger partial charge in [-0.2, -0.15) is 5.10 Å². The second kappa shape index (κ2) is 6.66. The fourth-order valence-corrected chi connectivity index (χ4v) is 4.06. The quantitative estimate of drug-likeness (QED) is 0.564. The standard InChI is InChI=1S/C21H23N7O/c1-13-11-28-17(8-22-13)6-19(25-28)18-7-21(29)27-12-16(4-5-20(27)24-18)26-9-14(2)23-15(3)10-26/h4-8,11-12,14-15,23H,9-10H2,1-3H3/t14-,15+. The highest BCUT2D eigenvalue weighted by molar-refractivity contribution is 5.64. The number of aromatic nitrogens is 5. The summed E-state index contributed by atoms with van der Waals surface area (Å²) in [4.78, 5) is 24.1. The fraction of sp³-hybridized carbons (Fsp3) is 0.333. The van der Waals surface area contributed by atoms with Crippen LogP contribution >= 0.6 is 0 Å². The van der Waals surface area contributed by atoms with Gasteiger partial charge in [-0.25, -0.2) is 9.50 Å². The highest BCUT2D eigenvalue weighted by Crippen LogP contribution is 2.20. The van der Waals surface area contributed by atoms with E-state index in [1.54, 1.807) is 21.2 Å². The van der Waals surface area contributed by atoms with Gasteiger partial charge in [0.1, 0.15) is 11.3 Å². The lowest BCUT2D eigenvalue weighted by Crippen LogP contribution is -2.54. The molecule has 4 aromatic rings. The minimum atomic E-state index is -0.116. The predicted molar refractivity (Wildman–Crippen MR) is 112 cm³/mol. The van der Waals surface area contributed by atoms with E-state index in [1.807, 2.05) is 37.5 Å². The fourth-order valence-electron chi connectivity index (χ4n) is 4.06. The number of hydrogen-bond acceptors (Lipinski definition) is 6. The summed E-state index contributed by atoms with van der Waals surface area (Å²) in [6.45, 7) is 8.08. The number of nitrogens with zero attached hydrogens (tertiary/aromatic N) is 6. The Morgan fingerprint density at radius 1 is 1.07 bits per heavy atom. The summed E-state index contributed by atoms with van der Waals surface area (Å²) in [6.07, 6.45) is 5.51. The predicted octanol–water partition coefficient (Wildman–Crippen LogP) is 1.90. The van der Waals surface area contributed by atoms with Gasteiger partial charge in [0.25, 0.3) is 5.56 Å². The summed E-state index contributed by atoms with van der Waals surface area (Å²) >= 11 is 0. The molecule has 1 fully saturated rings. The summed E-state index contributed by atoms with van der Waals surface area (Å²) in [7, 11) is 0. The SMILES string of the molecule is Cc1cn2nc(-c3cc(=O)n4cc(N5C[C@@H](C)N[C@@H](C)C5)ccc4n3)cc2cn1. The van der Waals surface area contributed by atoms with Crippen LogP contribution in [0.15, 0.2) is 47.7 Å². The minimum absolute atomic E-state index is 0.116. The van der Waals surface area contributed by atoms with Crippen molar-refractivity contribution in [3.8, 4) is 11.4 Å². The third kappa shape index (κ3) is 3.25. The Bertz CT molecular complexity index is 1270. The average molecular weight is 389 g/mol. The zero-order valence-electron chi connectivity index (χ0n) is 16.7.